The van der Waals surface area contributed by atoms with E-state index in [1.165, 1.54) is 0 Å². The molecule has 2 N–H and O–H groups in total. The molecule has 6 nitrogen and oxygen atoms in total. The fourth-order valence-corrected chi connectivity index (χ4v) is 2.86. The zero-order chi connectivity index (χ0) is 19.1. The van der Waals surface area contributed by atoms with Gasteiger partial charge in [-0.2, -0.15) is 5.10 Å². The van der Waals surface area contributed by atoms with E-state index in [2.05, 4.69) is 20.4 Å². The van der Waals surface area contributed by atoms with E-state index in [1.807, 2.05) is 45.0 Å². The standard InChI is InChI=1S/C19H24N4O2S/c1-5-20-19(26)22-21-12-16-10-13(3)23(14(16)4)17-9-7-8-15(11-17)18(24)25-6-2/h7-12H,5-6H2,1-4H3,(H2,20,22,26). The number of ether oxygens (including phenoxy) is 1. The van der Waals surface area contributed by atoms with Crippen LogP contribution in [-0.4, -0.2) is 35.0 Å². The van der Waals surface area contributed by atoms with Gasteiger partial charge in [-0.25, -0.2) is 4.79 Å². The van der Waals surface area contributed by atoms with E-state index < -0.39 is 0 Å². The molecule has 0 unspecified atom stereocenters. The molecule has 0 saturated carbocycles. The highest BCUT2D eigenvalue weighted by Gasteiger charge is 2.12. The van der Waals surface area contributed by atoms with E-state index in [4.69, 9.17) is 17.0 Å². The highest BCUT2D eigenvalue weighted by Crippen LogP contribution is 2.21. The topological polar surface area (TPSA) is 67.7 Å². The van der Waals surface area contributed by atoms with Gasteiger partial charge in [-0.05, 0) is 64.2 Å². The second-order valence-corrected chi connectivity index (χ2v) is 6.07. The van der Waals surface area contributed by atoms with E-state index >= 15 is 0 Å². The molecule has 7 heteroatoms. The van der Waals surface area contributed by atoms with E-state index in [-0.39, 0.29) is 5.97 Å². The van der Waals surface area contributed by atoms with Gasteiger partial charge in [-0.15, -0.1) is 0 Å². The van der Waals surface area contributed by atoms with Gasteiger partial charge in [0.1, 0.15) is 0 Å². The van der Waals surface area contributed by atoms with Gasteiger partial charge in [0.05, 0.1) is 18.4 Å². The van der Waals surface area contributed by atoms with Crippen LogP contribution in [0.4, 0.5) is 0 Å². The van der Waals surface area contributed by atoms with Gasteiger partial charge in [0.2, 0.25) is 0 Å². The Kier molecular flexibility index (Phi) is 6.91. The molecule has 0 fully saturated rings. The first kappa shape index (κ1) is 19.7. The van der Waals surface area contributed by atoms with Crippen LogP contribution in [0.3, 0.4) is 0 Å². The van der Waals surface area contributed by atoms with Crippen molar-refractivity contribution >= 4 is 29.5 Å². The summed E-state index contributed by atoms with van der Waals surface area (Å²) in [5, 5.41) is 7.63. The minimum Gasteiger partial charge on any atom is -0.462 e. The van der Waals surface area contributed by atoms with Crippen LogP contribution >= 0.6 is 12.2 Å². The molecule has 0 atom stereocenters. The lowest BCUT2D eigenvalue weighted by molar-refractivity contribution is 0.0526. The molecule has 0 aliphatic rings. The fourth-order valence-electron chi connectivity index (χ4n) is 2.66. The maximum Gasteiger partial charge on any atom is 0.338 e. The van der Waals surface area contributed by atoms with Crippen molar-refractivity contribution in [1.82, 2.24) is 15.3 Å². The van der Waals surface area contributed by atoms with Crippen molar-refractivity contribution in [3.63, 3.8) is 0 Å². The predicted octanol–water partition coefficient (Wildman–Crippen LogP) is 3.09. The summed E-state index contributed by atoms with van der Waals surface area (Å²) < 4.78 is 7.16. The second-order valence-electron chi connectivity index (χ2n) is 5.66. The van der Waals surface area contributed by atoms with Gasteiger partial charge in [0, 0.05) is 29.2 Å². The number of aryl methyl sites for hydroxylation is 1. The Morgan fingerprint density at radius 1 is 1.31 bits per heavy atom. The van der Waals surface area contributed by atoms with Crippen LogP contribution in [-0.2, 0) is 4.74 Å². The van der Waals surface area contributed by atoms with Crippen molar-refractivity contribution in [3.05, 3.63) is 52.8 Å². The summed E-state index contributed by atoms with van der Waals surface area (Å²) in [7, 11) is 0. The smallest absolute Gasteiger partial charge is 0.338 e. The van der Waals surface area contributed by atoms with Crippen molar-refractivity contribution in [3.8, 4) is 5.69 Å². The average Bonchev–Trinajstić information content (AvgIpc) is 2.89. The number of nitrogens with zero attached hydrogens (tertiary/aromatic N) is 2. The highest BCUT2D eigenvalue weighted by atomic mass is 32.1. The molecule has 0 saturated heterocycles. The van der Waals surface area contributed by atoms with Crippen LogP contribution in [0.25, 0.3) is 5.69 Å². The summed E-state index contributed by atoms with van der Waals surface area (Å²) in [6.07, 6.45) is 1.73. The number of hydrogen-bond acceptors (Lipinski definition) is 4. The first-order chi connectivity index (χ1) is 12.5. The van der Waals surface area contributed by atoms with Gasteiger partial charge < -0.3 is 14.6 Å². The van der Waals surface area contributed by atoms with Crippen molar-refractivity contribution < 1.29 is 9.53 Å². The molecular formula is C19H24N4O2S. The van der Waals surface area contributed by atoms with Crippen LogP contribution in [0.2, 0.25) is 0 Å². The van der Waals surface area contributed by atoms with E-state index in [0.717, 1.165) is 29.2 Å². The third-order valence-corrected chi connectivity index (χ3v) is 4.03. The van der Waals surface area contributed by atoms with Gasteiger partial charge in [0.15, 0.2) is 5.11 Å². The lowest BCUT2D eigenvalue weighted by atomic mass is 10.2. The quantitative estimate of drug-likeness (QED) is 0.353. The molecule has 0 bridgehead atoms. The van der Waals surface area contributed by atoms with Crippen molar-refractivity contribution in [1.29, 1.82) is 0 Å². The van der Waals surface area contributed by atoms with Crippen LogP contribution < -0.4 is 10.7 Å². The molecule has 138 valence electrons. The van der Waals surface area contributed by atoms with Gasteiger partial charge >= 0.3 is 5.97 Å². The minimum absolute atomic E-state index is 0.320. The zero-order valence-corrected chi connectivity index (χ0v) is 16.3. The molecule has 2 rings (SSSR count). The molecule has 1 aromatic heterocycles. The Morgan fingerprint density at radius 2 is 2.08 bits per heavy atom. The molecule has 1 aromatic carbocycles. The number of carbonyl (C=O) groups is 1. The Morgan fingerprint density at radius 3 is 2.77 bits per heavy atom. The van der Waals surface area contributed by atoms with Crippen LogP contribution in [0.15, 0.2) is 35.4 Å². The van der Waals surface area contributed by atoms with Gasteiger partial charge in [0.25, 0.3) is 0 Å². The second kappa shape index (κ2) is 9.15. The SMILES string of the molecule is CCNC(=S)NN=Cc1cc(C)n(-c2cccc(C(=O)OCC)c2)c1C. The van der Waals surface area contributed by atoms with Crippen LogP contribution in [0, 0.1) is 13.8 Å². The van der Waals surface area contributed by atoms with Crippen molar-refractivity contribution in [2.45, 2.75) is 27.7 Å². The van der Waals surface area contributed by atoms with Crippen LogP contribution in [0.1, 0.15) is 41.2 Å². The molecule has 1 heterocycles. The molecular weight excluding hydrogens is 348 g/mol. The number of esters is 1. The number of benzene rings is 1. The summed E-state index contributed by atoms with van der Waals surface area (Å²) in [6.45, 7) is 8.88. The first-order valence-corrected chi connectivity index (χ1v) is 8.92. The maximum atomic E-state index is 12.0. The number of aromatic nitrogens is 1. The summed E-state index contributed by atoms with van der Waals surface area (Å²) in [6, 6.07) is 9.43. The summed E-state index contributed by atoms with van der Waals surface area (Å²) in [5.41, 5.74) is 7.25. The lowest BCUT2D eigenvalue weighted by Gasteiger charge is -2.11. The highest BCUT2D eigenvalue weighted by molar-refractivity contribution is 7.80. The Hall–Kier alpha value is -2.67. The molecule has 26 heavy (non-hydrogen) atoms. The Labute approximate surface area is 159 Å². The Bertz CT molecular complexity index is 827. The molecule has 0 spiro atoms. The van der Waals surface area contributed by atoms with Crippen LogP contribution in [0.5, 0.6) is 0 Å². The summed E-state index contributed by atoms with van der Waals surface area (Å²) in [5.74, 6) is -0.320. The molecule has 0 amide bonds. The average molecular weight is 372 g/mol. The number of thiocarbonyl (C=S) groups is 1. The third-order valence-electron chi connectivity index (χ3n) is 3.79. The number of hydrazone groups is 1. The van der Waals surface area contributed by atoms with Crippen molar-refractivity contribution in [2.75, 3.05) is 13.2 Å². The molecule has 0 aliphatic heterocycles. The number of carbonyl (C=O) groups excluding carboxylic acids is 1. The third kappa shape index (κ3) is 4.70. The van der Waals surface area contributed by atoms with E-state index in [0.29, 0.717) is 17.3 Å². The summed E-state index contributed by atoms with van der Waals surface area (Å²) >= 11 is 5.08. The molecule has 0 aliphatic carbocycles. The van der Waals surface area contributed by atoms with Gasteiger partial charge in [-0.3, -0.25) is 5.43 Å². The fraction of sp³-hybridized carbons (Fsp3) is 0.316. The van der Waals surface area contributed by atoms with E-state index in [9.17, 15) is 4.79 Å². The monoisotopic (exact) mass is 372 g/mol. The number of rotatable bonds is 6. The van der Waals surface area contributed by atoms with Gasteiger partial charge in [-0.1, -0.05) is 6.07 Å². The minimum atomic E-state index is -0.320. The molecule has 2 aromatic rings. The Balaban J connectivity index is 2.27. The first-order valence-electron chi connectivity index (χ1n) is 8.51. The zero-order valence-electron chi connectivity index (χ0n) is 15.5. The summed E-state index contributed by atoms with van der Waals surface area (Å²) in [4.78, 5) is 12.0. The predicted molar refractivity (Wildman–Crippen MR) is 108 cm³/mol. The lowest BCUT2D eigenvalue weighted by Crippen LogP contribution is -2.31. The largest absolute Gasteiger partial charge is 0.462 e. The molecule has 0 radical (unpaired) electrons. The van der Waals surface area contributed by atoms with Crippen molar-refractivity contribution in [2.24, 2.45) is 5.10 Å². The number of nitrogens with one attached hydrogen (secondary N) is 2. The number of hydrogen-bond donors (Lipinski definition) is 2. The normalized spacial score (nSPS) is 10.8. The maximum absolute atomic E-state index is 12.0. The van der Waals surface area contributed by atoms with E-state index in [1.54, 1.807) is 19.2 Å².